The maximum absolute atomic E-state index is 11.9. The third kappa shape index (κ3) is 7.71. The highest BCUT2D eigenvalue weighted by molar-refractivity contribution is 5.94. The van der Waals surface area contributed by atoms with E-state index in [0.717, 1.165) is 5.75 Å². The second kappa shape index (κ2) is 10.3. The van der Waals surface area contributed by atoms with Crippen LogP contribution in [-0.4, -0.2) is 25.0 Å². The second-order valence-electron chi connectivity index (χ2n) is 7.78. The third-order valence-electron chi connectivity index (χ3n) is 4.30. The summed E-state index contributed by atoms with van der Waals surface area (Å²) in [6.07, 6.45) is 6.20. The molecule has 5 nitrogen and oxygen atoms in total. The van der Waals surface area contributed by atoms with Crippen molar-refractivity contribution in [1.82, 2.24) is 5.32 Å². The fourth-order valence-corrected chi connectivity index (χ4v) is 2.63. The first-order valence-electron chi connectivity index (χ1n) is 9.64. The number of amides is 2. The van der Waals surface area contributed by atoms with Gasteiger partial charge >= 0.3 is 0 Å². The van der Waals surface area contributed by atoms with Gasteiger partial charge in [-0.25, -0.2) is 0 Å². The van der Waals surface area contributed by atoms with E-state index in [4.69, 9.17) is 11.2 Å². The molecule has 0 unspecified atom stereocenters. The van der Waals surface area contributed by atoms with E-state index in [1.165, 1.54) is 5.56 Å². The van der Waals surface area contributed by atoms with Gasteiger partial charge in [-0.05, 0) is 47.7 Å². The Labute approximate surface area is 172 Å². The van der Waals surface area contributed by atoms with Crippen LogP contribution in [0.4, 0.5) is 5.69 Å². The van der Waals surface area contributed by atoms with Crippen molar-refractivity contribution in [2.24, 2.45) is 0 Å². The van der Waals surface area contributed by atoms with Crippen LogP contribution in [0.5, 0.6) is 5.75 Å². The Hall–Kier alpha value is -3.26. The zero-order chi connectivity index (χ0) is 21.3. The monoisotopic (exact) mass is 392 g/mol. The van der Waals surface area contributed by atoms with Crippen LogP contribution in [0.1, 0.15) is 44.7 Å². The lowest BCUT2D eigenvalue weighted by atomic mass is 9.87. The van der Waals surface area contributed by atoms with Crippen molar-refractivity contribution in [3.05, 3.63) is 59.7 Å². The van der Waals surface area contributed by atoms with E-state index < -0.39 is 0 Å². The number of hydrogen-bond acceptors (Lipinski definition) is 3. The molecule has 29 heavy (non-hydrogen) atoms. The van der Waals surface area contributed by atoms with Crippen molar-refractivity contribution in [3.8, 4) is 18.1 Å². The van der Waals surface area contributed by atoms with Crippen molar-refractivity contribution in [2.75, 3.05) is 18.5 Å². The van der Waals surface area contributed by atoms with E-state index >= 15 is 0 Å². The van der Waals surface area contributed by atoms with Crippen LogP contribution in [0.25, 0.3) is 0 Å². The third-order valence-corrected chi connectivity index (χ3v) is 4.30. The Morgan fingerprint density at radius 1 is 1.07 bits per heavy atom. The van der Waals surface area contributed by atoms with Crippen LogP contribution in [0.15, 0.2) is 48.5 Å². The van der Waals surface area contributed by atoms with Crippen molar-refractivity contribution in [2.45, 2.75) is 39.0 Å². The van der Waals surface area contributed by atoms with Crippen LogP contribution in [-0.2, 0) is 15.0 Å². The molecule has 2 N–H and O–H groups in total. The average Bonchev–Trinajstić information content (AvgIpc) is 2.69. The molecule has 2 aromatic carbocycles. The van der Waals surface area contributed by atoms with Crippen molar-refractivity contribution < 1.29 is 14.3 Å². The zero-order valence-electron chi connectivity index (χ0n) is 17.2. The molecule has 0 spiro atoms. The lowest BCUT2D eigenvalue weighted by Crippen LogP contribution is -2.32. The van der Waals surface area contributed by atoms with Gasteiger partial charge in [0.05, 0.1) is 13.2 Å². The fourth-order valence-electron chi connectivity index (χ4n) is 2.63. The van der Waals surface area contributed by atoms with Crippen LogP contribution in [0, 0.1) is 12.3 Å². The van der Waals surface area contributed by atoms with E-state index in [-0.39, 0.29) is 23.8 Å². The number of terminal acetylenes is 1. The normalized spacial score (nSPS) is 10.7. The summed E-state index contributed by atoms with van der Waals surface area (Å²) >= 11 is 0. The molecule has 0 aliphatic heterocycles. The van der Waals surface area contributed by atoms with Crippen LogP contribution < -0.4 is 15.4 Å². The van der Waals surface area contributed by atoms with Gasteiger partial charge in [0.25, 0.3) is 0 Å². The first-order valence-corrected chi connectivity index (χ1v) is 9.64. The van der Waals surface area contributed by atoms with E-state index in [9.17, 15) is 9.59 Å². The highest BCUT2D eigenvalue weighted by Gasteiger charge is 2.13. The van der Waals surface area contributed by atoms with Crippen LogP contribution in [0.2, 0.25) is 0 Å². The summed E-state index contributed by atoms with van der Waals surface area (Å²) < 4.78 is 5.68. The Morgan fingerprint density at radius 3 is 2.45 bits per heavy atom. The standard InChI is InChI=1S/C24H28N2O3/c1-5-18-8-6-9-20(16-18)26-23(28)17-25-22(27)10-7-15-29-21-13-11-19(12-14-21)24(2,3)4/h1,6,8-9,11-14,16H,7,10,15,17H2,2-4H3,(H,25,27)(H,26,28). The highest BCUT2D eigenvalue weighted by Crippen LogP contribution is 2.24. The molecule has 0 atom stereocenters. The fraction of sp³-hybridized carbons (Fsp3) is 0.333. The molecular weight excluding hydrogens is 364 g/mol. The number of anilines is 1. The number of hydrogen-bond donors (Lipinski definition) is 2. The first kappa shape index (κ1) is 22.0. The number of ether oxygens (including phenoxy) is 1. The smallest absolute Gasteiger partial charge is 0.243 e. The molecule has 0 bridgehead atoms. The predicted octanol–water partition coefficient (Wildman–Crippen LogP) is 3.88. The number of benzene rings is 2. The van der Waals surface area contributed by atoms with Gasteiger partial charge in [0, 0.05) is 17.7 Å². The summed E-state index contributed by atoms with van der Waals surface area (Å²) in [6.45, 7) is 6.84. The molecule has 0 aliphatic carbocycles. The number of nitrogens with one attached hydrogen (secondary N) is 2. The molecule has 5 heteroatoms. The predicted molar refractivity (Wildman–Crippen MR) is 116 cm³/mol. The van der Waals surface area contributed by atoms with E-state index in [2.05, 4.69) is 49.5 Å². The summed E-state index contributed by atoms with van der Waals surface area (Å²) in [5.41, 5.74) is 2.63. The molecule has 152 valence electrons. The number of carbonyl (C=O) groups is 2. The minimum atomic E-state index is -0.303. The van der Waals surface area contributed by atoms with Crippen molar-refractivity contribution >= 4 is 17.5 Å². The summed E-state index contributed by atoms with van der Waals surface area (Å²) in [5, 5.41) is 5.31. The van der Waals surface area contributed by atoms with Gasteiger partial charge in [0.1, 0.15) is 5.75 Å². The van der Waals surface area contributed by atoms with Gasteiger partial charge < -0.3 is 15.4 Å². The number of carbonyl (C=O) groups excluding carboxylic acids is 2. The molecular formula is C24H28N2O3. The SMILES string of the molecule is C#Cc1cccc(NC(=O)CNC(=O)CCCOc2ccc(C(C)(C)C)cc2)c1. The van der Waals surface area contributed by atoms with Crippen molar-refractivity contribution in [3.63, 3.8) is 0 Å². The minimum Gasteiger partial charge on any atom is -0.494 e. The van der Waals surface area contributed by atoms with E-state index in [1.54, 1.807) is 24.3 Å². The average molecular weight is 392 g/mol. The first-order chi connectivity index (χ1) is 13.8. The van der Waals surface area contributed by atoms with Gasteiger partial charge in [0.15, 0.2) is 0 Å². The lowest BCUT2D eigenvalue weighted by Gasteiger charge is -2.19. The molecule has 0 aliphatic rings. The molecule has 0 heterocycles. The molecule has 2 aromatic rings. The largest absolute Gasteiger partial charge is 0.494 e. The maximum atomic E-state index is 11.9. The van der Waals surface area contributed by atoms with Crippen molar-refractivity contribution in [1.29, 1.82) is 0 Å². The maximum Gasteiger partial charge on any atom is 0.243 e. The zero-order valence-corrected chi connectivity index (χ0v) is 17.2. The Bertz CT molecular complexity index is 874. The molecule has 0 saturated heterocycles. The minimum absolute atomic E-state index is 0.0891. The quantitative estimate of drug-likeness (QED) is 0.529. The van der Waals surface area contributed by atoms with Gasteiger partial charge in [0.2, 0.25) is 11.8 Å². The highest BCUT2D eigenvalue weighted by atomic mass is 16.5. The van der Waals surface area contributed by atoms with Crippen LogP contribution >= 0.6 is 0 Å². The molecule has 2 amide bonds. The van der Waals surface area contributed by atoms with Gasteiger partial charge in [-0.15, -0.1) is 6.42 Å². The molecule has 0 radical (unpaired) electrons. The topological polar surface area (TPSA) is 67.4 Å². The lowest BCUT2D eigenvalue weighted by molar-refractivity contribution is -0.124. The summed E-state index contributed by atoms with van der Waals surface area (Å²) in [4.78, 5) is 23.8. The molecule has 2 rings (SSSR count). The van der Waals surface area contributed by atoms with Gasteiger partial charge in [-0.1, -0.05) is 44.9 Å². The number of rotatable bonds is 8. The molecule has 0 saturated carbocycles. The van der Waals surface area contributed by atoms with E-state index in [0.29, 0.717) is 30.7 Å². The molecule has 0 fully saturated rings. The van der Waals surface area contributed by atoms with E-state index in [1.807, 2.05) is 12.1 Å². The molecule has 0 aromatic heterocycles. The summed E-state index contributed by atoms with van der Waals surface area (Å²) in [7, 11) is 0. The second-order valence-corrected chi connectivity index (χ2v) is 7.78. The Kier molecular flexibility index (Phi) is 7.85. The summed E-state index contributed by atoms with van der Waals surface area (Å²) in [6, 6.07) is 15.0. The Morgan fingerprint density at radius 2 is 1.79 bits per heavy atom. The van der Waals surface area contributed by atoms with Gasteiger partial charge in [-0.3, -0.25) is 9.59 Å². The van der Waals surface area contributed by atoms with Gasteiger partial charge in [-0.2, -0.15) is 0 Å². The Balaban J connectivity index is 1.64. The van der Waals surface area contributed by atoms with Crippen LogP contribution in [0.3, 0.4) is 0 Å². The summed E-state index contributed by atoms with van der Waals surface area (Å²) in [5.74, 6) is 2.80.